The zero-order chi connectivity index (χ0) is 19.6. The Bertz CT molecular complexity index is 1090. The van der Waals surface area contributed by atoms with Gasteiger partial charge in [0.25, 0.3) is 11.5 Å². The number of aromatic nitrogens is 4. The van der Waals surface area contributed by atoms with E-state index in [1.54, 1.807) is 29.0 Å². The van der Waals surface area contributed by atoms with Gasteiger partial charge in [-0.25, -0.2) is 4.98 Å². The van der Waals surface area contributed by atoms with E-state index in [0.717, 1.165) is 17.0 Å². The molecule has 0 aliphatic rings. The first kappa shape index (κ1) is 18.4. The maximum absolute atomic E-state index is 12.6. The molecule has 8 nitrogen and oxygen atoms in total. The fourth-order valence-electron chi connectivity index (χ4n) is 2.91. The minimum absolute atomic E-state index is 0.156. The van der Waals surface area contributed by atoms with Crippen LogP contribution in [0.1, 0.15) is 23.9 Å². The molecule has 0 unspecified atom stereocenters. The van der Waals surface area contributed by atoms with E-state index in [0.29, 0.717) is 17.4 Å². The molecule has 140 valence electrons. The fraction of sp³-hybridized carbons (Fsp3) is 0.263. The lowest BCUT2D eigenvalue weighted by atomic mass is 10.2. The van der Waals surface area contributed by atoms with Gasteiger partial charge in [-0.1, -0.05) is 12.1 Å². The number of hydrazine groups is 1. The van der Waals surface area contributed by atoms with E-state index in [4.69, 9.17) is 0 Å². The van der Waals surface area contributed by atoms with Gasteiger partial charge in [-0.05, 0) is 39.0 Å². The highest BCUT2D eigenvalue weighted by Crippen LogP contribution is 2.13. The number of fused-ring (bicyclic) bond motifs is 1. The second-order valence-corrected chi connectivity index (χ2v) is 6.16. The summed E-state index contributed by atoms with van der Waals surface area (Å²) in [6.45, 7) is 6.11. The van der Waals surface area contributed by atoms with Crippen LogP contribution in [-0.2, 0) is 18.4 Å². The van der Waals surface area contributed by atoms with E-state index >= 15 is 0 Å². The first-order valence-corrected chi connectivity index (χ1v) is 8.66. The Morgan fingerprint density at radius 3 is 2.67 bits per heavy atom. The highest BCUT2D eigenvalue weighted by molar-refractivity contribution is 5.92. The second kappa shape index (κ2) is 7.45. The molecular formula is C19H22N6O2. The smallest absolute Gasteiger partial charge is 0.262 e. The van der Waals surface area contributed by atoms with Gasteiger partial charge in [0.15, 0.2) is 0 Å². The zero-order valence-electron chi connectivity index (χ0n) is 15.8. The predicted molar refractivity (Wildman–Crippen MR) is 105 cm³/mol. The van der Waals surface area contributed by atoms with Crippen molar-refractivity contribution in [3.63, 3.8) is 0 Å². The Morgan fingerprint density at radius 2 is 2.00 bits per heavy atom. The van der Waals surface area contributed by atoms with Crippen LogP contribution in [0, 0.1) is 13.8 Å². The molecule has 2 N–H and O–H groups in total. The number of nitrogens with one attached hydrogen (secondary N) is 2. The van der Waals surface area contributed by atoms with E-state index < -0.39 is 0 Å². The van der Waals surface area contributed by atoms with E-state index in [9.17, 15) is 9.59 Å². The molecule has 0 bridgehead atoms. The predicted octanol–water partition coefficient (Wildman–Crippen LogP) is 1.92. The zero-order valence-corrected chi connectivity index (χ0v) is 15.8. The highest BCUT2D eigenvalue weighted by atomic mass is 16.2. The van der Waals surface area contributed by atoms with Crippen molar-refractivity contribution in [2.75, 3.05) is 5.43 Å². The van der Waals surface area contributed by atoms with Crippen molar-refractivity contribution in [2.45, 2.75) is 27.3 Å². The van der Waals surface area contributed by atoms with Crippen LogP contribution in [0.4, 0.5) is 5.95 Å². The van der Waals surface area contributed by atoms with E-state index in [1.807, 2.05) is 33.9 Å². The lowest BCUT2D eigenvalue weighted by Crippen LogP contribution is -2.33. The van der Waals surface area contributed by atoms with Crippen LogP contribution >= 0.6 is 0 Å². The molecule has 3 aromatic rings. The summed E-state index contributed by atoms with van der Waals surface area (Å²) in [4.78, 5) is 29.2. The summed E-state index contributed by atoms with van der Waals surface area (Å²) in [5.41, 5.74) is 8.45. The van der Waals surface area contributed by atoms with Gasteiger partial charge in [-0.2, -0.15) is 5.10 Å². The number of anilines is 1. The molecule has 27 heavy (non-hydrogen) atoms. The summed E-state index contributed by atoms with van der Waals surface area (Å²) in [5, 5.41) is 4.85. The lowest BCUT2D eigenvalue weighted by Gasteiger charge is -2.13. The summed E-state index contributed by atoms with van der Waals surface area (Å²) < 4.78 is 3.24. The van der Waals surface area contributed by atoms with Crippen molar-refractivity contribution in [3.8, 4) is 0 Å². The highest BCUT2D eigenvalue weighted by Gasteiger charge is 2.10. The first-order valence-electron chi connectivity index (χ1n) is 8.66. The van der Waals surface area contributed by atoms with E-state index in [-0.39, 0.29) is 17.4 Å². The van der Waals surface area contributed by atoms with Gasteiger partial charge >= 0.3 is 0 Å². The average molecular weight is 366 g/mol. The Morgan fingerprint density at radius 1 is 1.26 bits per heavy atom. The van der Waals surface area contributed by atoms with Gasteiger partial charge in [0.2, 0.25) is 5.95 Å². The fourth-order valence-corrected chi connectivity index (χ4v) is 2.91. The third-order valence-corrected chi connectivity index (χ3v) is 4.44. The van der Waals surface area contributed by atoms with Crippen molar-refractivity contribution in [1.82, 2.24) is 24.8 Å². The third kappa shape index (κ3) is 3.59. The van der Waals surface area contributed by atoms with Gasteiger partial charge in [-0.15, -0.1) is 0 Å². The first-order chi connectivity index (χ1) is 12.9. The molecule has 1 aromatic carbocycles. The molecule has 2 aromatic heterocycles. The SMILES string of the molecule is CCn1c(NNC(=O)/C=C/c2c(C)nn(C)c2C)nc2ccccc2c1=O. The Labute approximate surface area is 156 Å². The molecule has 0 fully saturated rings. The largest absolute Gasteiger partial charge is 0.277 e. The van der Waals surface area contributed by atoms with Crippen molar-refractivity contribution >= 4 is 28.8 Å². The molecule has 0 radical (unpaired) electrons. The van der Waals surface area contributed by atoms with Crippen molar-refractivity contribution in [3.05, 3.63) is 57.6 Å². The number of rotatable bonds is 5. The molecule has 0 saturated carbocycles. The number of carbonyl (C=O) groups excluding carboxylic acids is 1. The third-order valence-electron chi connectivity index (χ3n) is 4.44. The van der Waals surface area contributed by atoms with E-state index in [1.165, 1.54) is 10.6 Å². The van der Waals surface area contributed by atoms with Crippen molar-refractivity contribution in [2.24, 2.45) is 7.05 Å². The van der Waals surface area contributed by atoms with Crippen molar-refractivity contribution < 1.29 is 4.79 Å². The molecule has 3 rings (SSSR count). The maximum Gasteiger partial charge on any atom is 0.262 e. The molecular weight excluding hydrogens is 344 g/mol. The van der Waals surface area contributed by atoms with Crippen LogP contribution in [-0.4, -0.2) is 25.2 Å². The number of benzene rings is 1. The summed E-state index contributed by atoms with van der Waals surface area (Å²) in [6, 6.07) is 7.11. The van der Waals surface area contributed by atoms with Gasteiger partial charge in [-0.3, -0.25) is 29.7 Å². The molecule has 8 heteroatoms. The number of carbonyl (C=O) groups is 1. The van der Waals surface area contributed by atoms with Gasteiger partial charge in [0, 0.05) is 30.9 Å². The van der Waals surface area contributed by atoms with Gasteiger partial charge in [0.05, 0.1) is 16.6 Å². The maximum atomic E-state index is 12.6. The monoisotopic (exact) mass is 366 g/mol. The number of aryl methyl sites for hydroxylation is 2. The standard InChI is InChI=1S/C19H22N6O2/c1-5-25-18(27)15-8-6-7-9-16(15)20-19(25)22-21-17(26)11-10-14-12(2)23-24(4)13(14)3/h6-11H,5H2,1-4H3,(H,20,22)(H,21,26)/b11-10+. The number of para-hydroxylation sites is 1. The van der Waals surface area contributed by atoms with E-state index in [2.05, 4.69) is 20.9 Å². The van der Waals surface area contributed by atoms with Crippen LogP contribution < -0.4 is 16.4 Å². The molecule has 0 atom stereocenters. The van der Waals surface area contributed by atoms with Crippen LogP contribution in [0.2, 0.25) is 0 Å². The molecule has 0 spiro atoms. The number of amides is 1. The minimum Gasteiger partial charge on any atom is -0.277 e. The normalized spacial score (nSPS) is 11.3. The molecule has 0 saturated heterocycles. The summed E-state index contributed by atoms with van der Waals surface area (Å²) in [6.07, 6.45) is 3.13. The Balaban J connectivity index is 1.79. The molecule has 2 heterocycles. The molecule has 0 aliphatic carbocycles. The Hall–Kier alpha value is -3.42. The summed E-state index contributed by atoms with van der Waals surface area (Å²) >= 11 is 0. The Kier molecular flexibility index (Phi) is 5.07. The molecule has 1 amide bonds. The van der Waals surface area contributed by atoms with Crippen LogP contribution in [0.5, 0.6) is 0 Å². The van der Waals surface area contributed by atoms with Crippen LogP contribution in [0.15, 0.2) is 35.1 Å². The summed E-state index contributed by atoms with van der Waals surface area (Å²) in [5.74, 6) is -0.0700. The van der Waals surface area contributed by atoms with Crippen molar-refractivity contribution in [1.29, 1.82) is 0 Å². The number of hydrogen-bond donors (Lipinski definition) is 2. The van der Waals surface area contributed by atoms with Gasteiger partial charge in [0.1, 0.15) is 0 Å². The van der Waals surface area contributed by atoms with Crippen LogP contribution in [0.3, 0.4) is 0 Å². The minimum atomic E-state index is -0.359. The lowest BCUT2D eigenvalue weighted by molar-refractivity contribution is -0.116. The number of nitrogens with zero attached hydrogens (tertiary/aromatic N) is 4. The van der Waals surface area contributed by atoms with Gasteiger partial charge < -0.3 is 0 Å². The average Bonchev–Trinajstić information content (AvgIpc) is 2.90. The second-order valence-electron chi connectivity index (χ2n) is 6.16. The summed E-state index contributed by atoms with van der Waals surface area (Å²) in [7, 11) is 1.86. The topological polar surface area (TPSA) is 93.8 Å². The molecule has 0 aliphatic heterocycles. The quantitative estimate of drug-likeness (QED) is 0.531. The number of hydrogen-bond acceptors (Lipinski definition) is 5. The van der Waals surface area contributed by atoms with Crippen LogP contribution in [0.25, 0.3) is 17.0 Å².